The van der Waals surface area contributed by atoms with E-state index in [0.29, 0.717) is 0 Å². The van der Waals surface area contributed by atoms with Crippen LogP contribution in [0, 0.1) is 39.4 Å². The Kier molecular flexibility index (Phi) is 2.25. The van der Waals surface area contributed by atoms with Gasteiger partial charge in [-0.2, -0.15) is 10.5 Å². The number of nitrogens with zero attached hydrogens (tertiary/aromatic N) is 2. The Labute approximate surface area is 83.1 Å². The molecule has 74 valence electrons. The summed E-state index contributed by atoms with van der Waals surface area (Å²) in [6, 6.07) is 3.84. The summed E-state index contributed by atoms with van der Waals surface area (Å²) in [6.45, 7) is 5.45. The third-order valence-corrected chi connectivity index (χ3v) is 2.96. The average molecular weight is 192 g/mol. The molecule has 1 aliphatic rings. The van der Waals surface area contributed by atoms with Crippen LogP contribution in [0.1, 0.15) is 20.8 Å². The van der Waals surface area contributed by atoms with E-state index in [2.05, 4.69) is 0 Å². The molecule has 0 amide bonds. The van der Waals surface area contributed by atoms with Crippen LogP contribution in [0.3, 0.4) is 0 Å². The van der Waals surface area contributed by atoms with Crippen LogP contribution in [-0.4, -0.2) is 12.6 Å². The summed E-state index contributed by atoms with van der Waals surface area (Å²) in [5, 5.41) is 17.8. The summed E-state index contributed by atoms with van der Waals surface area (Å²) >= 11 is 0. The number of ether oxygens (including phenoxy) is 1. The number of rotatable bonds is 2. The molecule has 1 saturated carbocycles. The van der Waals surface area contributed by atoms with Crippen LogP contribution in [0.2, 0.25) is 0 Å². The first kappa shape index (κ1) is 10.5. The first-order valence-corrected chi connectivity index (χ1v) is 4.47. The van der Waals surface area contributed by atoms with Gasteiger partial charge in [-0.1, -0.05) is 13.8 Å². The van der Waals surface area contributed by atoms with Gasteiger partial charge in [0, 0.05) is 5.41 Å². The first-order valence-electron chi connectivity index (χ1n) is 4.47. The van der Waals surface area contributed by atoms with Crippen molar-refractivity contribution in [3.05, 3.63) is 0 Å². The molecule has 0 aromatic rings. The number of carbonyl (C=O) groups is 1. The summed E-state index contributed by atoms with van der Waals surface area (Å²) in [7, 11) is 0. The van der Waals surface area contributed by atoms with E-state index in [-0.39, 0.29) is 6.61 Å². The monoisotopic (exact) mass is 192 g/mol. The molecule has 0 bridgehead atoms. The predicted molar refractivity (Wildman–Crippen MR) is 47.6 cm³/mol. The lowest BCUT2D eigenvalue weighted by atomic mass is 10.00. The van der Waals surface area contributed by atoms with Gasteiger partial charge >= 0.3 is 5.97 Å². The van der Waals surface area contributed by atoms with Crippen LogP contribution in [0.4, 0.5) is 0 Å². The molecule has 0 aliphatic heterocycles. The van der Waals surface area contributed by atoms with E-state index in [4.69, 9.17) is 15.3 Å². The Morgan fingerprint density at radius 2 is 1.93 bits per heavy atom. The molecular weight excluding hydrogens is 180 g/mol. The van der Waals surface area contributed by atoms with E-state index in [9.17, 15) is 4.79 Å². The molecule has 1 atom stereocenters. The third kappa shape index (κ3) is 1.01. The second-order valence-electron chi connectivity index (χ2n) is 3.94. The third-order valence-electron chi connectivity index (χ3n) is 2.96. The minimum Gasteiger partial charge on any atom is -0.466 e. The van der Waals surface area contributed by atoms with Gasteiger partial charge in [0.05, 0.1) is 24.7 Å². The Hall–Kier alpha value is -1.55. The number of hydrogen-bond acceptors (Lipinski definition) is 4. The molecule has 0 spiro atoms. The van der Waals surface area contributed by atoms with Crippen LogP contribution in [0.15, 0.2) is 0 Å². The van der Waals surface area contributed by atoms with Crippen molar-refractivity contribution >= 4 is 5.97 Å². The number of nitriles is 2. The molecule has 0 saturated heterocycles. The maximum absolute atomic E-state index is 11.4. The van der Waals surface area contributed by atoms with Crippen molar-refractivity contribution in [1.82, 2.24) is 0 Å². The molecule has 0 heterocycles. The Morgan fingerprint density at radius 1 is 1.43 bits per heavy atom. The quantitative estimate of drug-likeness (QED) is 0.617. The lowest BCUT2D eigenvalue weighted by Crippen LogP contribution is -2.11. The molecule has 0 N–H and O–H groups in total. The normalized spacial score (nSPS) is 25.6. The van der Waals surface area contributed by atoms with Gasteiger partial charge < -0.3 is 4.74 Å². The standard InChI is InChI=1S/C10H12N2O2/c1-4-14-8(13)7-9(2,3)10(7,5-11)6-12/h7H,4H2,1-3H3. The zero-order valence-electron chi connectivity index (χ0n) is 8.50. The van der Waals surface area contributed by atoms with Crippen molar-refractivity contribution < 1.29 is 9.53 Å². The molecule has 0 aromatic heterocycles. The van der Waals surface area contributed by atoms with Crippen molar-refractivity contribution in [2.75, 3.05) is 6.61 Å². The summed E-state index contributed by atoms with van der Waals surface area (Å²) < 4.78 is 4.82. The lowest BCUT2D eigenvalue weighted by Gasteiger charge is -2.00. The van der Waals surface area contributed by atoms with Gasteiger partial charge in [-0.05, 0) is 6.92 Å². The highest BCUT2D eigenvalue weighted by Gasteiger charge is 2.77. The lowest BCUT2D eigenvalue weighted by molar-refractivity contribution is -0.145. The molecule has 1 rings (SSSR count). The zero-order valence-corrected chi connectivity index (χ0v) is 8.50. The Balaban J connectivity index is 2.93. The number of hydrogen-bond donors (Lipinski definition) is 0. The largest absolute Gasteiger partial charge is 0.466 e. The van der Waals surface area contributed by atoms with Gasteiger partial charge in [0.1, 0.15) is 0 Å². The van der Waals surface area contributed by atoms with Gasteiger partial charge in [0.25, 0.3) is 0 Å². The topological polar surface area (TPSA) is 73.9 Å². The van der Waals surface area contributed by atoms with Crippen molar-refractivity contribution in [3.8, 4) is 12.1 Å². The van der Waals surface area contributed by atoms with Gasteiger partial charge in [-0.15, -0.1) is 0 Å². The van der Waals surface area contributed by atoms with Crippen LogP contribution < -0.4 is 0 Å². The van der Waals surface area contributed by atoms with E-state index in [1.165, 1.54) is 0 Å². The van der Waals surface area contributed by atoms with E-state index in [1.807, 2.05) is 12.1 Å². The first-order chi connectivity index (χ1) is 6.47. The average Bonchev–Trinajstić information content (AvgIpc) is 2.63. The minimum atomic E-state index is -1.20. The van der Waals surface area contributed by atoms with E-state index < -0.39 is 22.7 Å². The second-order valence-corrected chi connectivity index (χ2v) is 3.94. The summed E-state index contributed by atoms with van der Waals surface area (Å²) in [5.74, 6) is -1.05. The number of carbonyl (C=O) groups excluding carboxylic acids is 1. The van der Waals surface area contributed by atoms with E-state index in [0.717, 1.165) is 0 Å². The van der Waals surface area contributed by atoms with Crippen molar-refractivity contribution in [2.45, 2.75) is 20.8 Å². The fourth-order valence-corrected chi connectivity index (χ4v) is 1.90. The number of esters is 1. The molecule has 4 heteroatoms. The molecule has 14 heavy (non-hydrogen) atoms. The smallest absolute Gasteiger partial charge is 0.312 e. The summed E-state index contributed by atoms with van der Waals surface area (Å²) in [5.41, 5.74) is -1.79. The Morgan fingerprint density at radius 3 is 2.21 bits per heavy atom. The van der Waals surface area contributed by atoms with Gasteiger partial charge in [0.15, 0.2) is 5.41 Å². The van der Waals surface area contributed by atoms with Crippen LogP contribution in [0.5, 0.6) is 0 Å². The van der Waals surface area contributed by atoms with Crippen LogP contribution >= 0.6 is 0 Å². The van der Waals surface area contributed by atoms with Crippen molar-refractivity contribution in [2.24, 2.45) is 16.7 Å². The maximum Gasteiger partial charge on any atom is 0.312 e. The van der Waals surface area contributed by atoms with Crippen LogP contribution in [0.25, 0.3) is 0 Å². The molecule has 4 nitrogen and oxygen atoms in total. The fraction of sp³-hybridized carbons (Fsp3) is 0.700. The maximum atomic E-state index is 11.4. The summed E-state index contributed by atoms with van der Waals surface area (Å²) in [6.07, 6.45) is 0. The van der Waals surface area contributed by atoms with E-state index >= 15 is 0 Å². The molecule has 1 fully saturated rings. The van der Waals surface area contributed by atoms with Gasteiger partial charge in [-0.3, -0.25) is 4.79 Å². The minimum absolute atomic E-state index is 0.276. The predicted octanol–water partition coefficient (Wildman–Crippen LogP) is 1.24. The molecule has 1 aliphatic carbocycles. The van der Waals surface area contributed by atoms with Crippen LogP contribution in [-0.2, 0) is 9.53 Å². The van der Waals surface area contributed by atoms with Crippen molar-refractivity contribution in [3.63, 3.8) is 0 Å². The fourth-order valence-electron chi connectivity index (χ4n) is 1.90. The van der Waals surface area contributed by atoms with Gasteiger partial charge in [0.2, 0.25) is 0 Å². The van der Waals surface area contributed by atoms with E-state index in [1.54, 1.807) is 20.8 Å². The highest BCUT2D eigenvalue weighted by Crippen LogP contribution is 2.68. The highest BCUT2D eigenvalue weighted by molar-refractivity contribution is 5.81. The Bertz CT molecular complexity index is 332. The summed E-state index contributed by atoms with van der Waals surface area (Å²) in [4.78, 5) is 11.4. The molecular formula is C10H12N2O2. The SMILES string of the molecule is CCOC(=O)C1C(C)(C)C1(C#N)C#N. The van der Waals surface area contributed by atoms with Crippen molar-refractivity contribution in [1.29, 1.82) is 10.5 Å². The highest BCUT2D eigenvalue weighted by atomic mass is 16.5. The van der Waals surface area contributed by atoms with Gasteiger partial charge in [-0.25, -0.2) is 0 Å². The molecule has 0 aromatic carbocycles. The molecule has 0 radical (unpaired) electrons. The second kappa shape index (κ2) is 2.99. The zero-order chi connectivity index (χ0) is 11.0. The molecule has 1 unspecified atom stereocenters.